The molecule has 1 rings (SSSR count). The minimum absolute atomic E-state index is 0.559. The van der Waals surface area contributed by atoms with Gasteiger partial charge in [0, 0.05) is 0 Å². The summed E-state index contributed by atoms with van der Waals surface area (Å²) in [6.45, 7) is 17.5. The van der Waals surface area contributed by atoms with Crippen molar-refractivity contribution in [3.05, 3.63) is 41.0 Å². The van der Waals surface area contributed by atoms with Crippen LogP contribution in [0.2, 0.25) is 0 Å². The van der Waals surface area contributed by atoms with E-state index >= 15 is 0 Å². The average Bonchev–Trinajstić information content (AvgIpc) is 2.15. The molecule has 0 heteroatoms. The van der Waals surface area contributed by atoms with E-state index in [4.69, 9.17) is 0 Å². The zero-order valence-electron chi connectivity index (χ0n) is 11.5. The molecule has 0 spiro atoms. The van der Waals surface area contributed by atoms with E-state index in [1.54, 1.807) is 0 Å². The van der Waals surface area contributed by atoms with Crippen molar-refractivity contribution in [3.63, 3.8) is 0 Å². The number of allylic oxidation sites excluding steroid dienone is 1. The highest BCUT2D eigenvalue weighted by atomic mass is 14.2. The lowest BCUT2D eigenvalue weighted by Crippen LogP contribution is -2.02. The van der Waals surface area contributed by atoms with E-state index in [9.17, 15) is 0 Å². The zero-order valence-corrected chi connectivity index (χ0v) is 11.5. The van der Waals surface area contributed by atoms with Crippen molar-refractivity contribution in [1.29, 1.82) is 0 Å². The van der Waals surface area contributed by atoms with Gasteiger partial charge in [0.2, 0.25) is 0 Å². The second-order valence-electron chi connectivity index (χ2n) is 5.41. The van der Waals surface area contributed by atoms with Crippen molar-refractivity contribution in [2.45, 2.75) is 53.4 Å². The molecule has 0 saturated carbocycles. The Bertz CT molecular complexity index is 365. The Morgan fingerprint density at radius 1 is 1.00 bits per heavy atom. The summed E-state index contributed by atoms with van der Waals surface area (Å²) >= 11 is 0. The first kappa shape index (κ1) is 13.0. The molecule has 0 aliphatic rings. The Hall–Kier alpha value is -1.04. The standard InChI is InChI=1S/C16H24/c1-10(2)14-8-13(7)9-15(11(3)4)16(14)12(5)6/h8-11H,5H2,1-4,6-7H3. The Kier molecular flexibility index (Phi) is 3.96. The third-order valence-corrected chi connectivity index (χ3v) is 3.01. The summed E-state index contributed by atoms with van der Waals surface area (Å²) in [5, 5.41) is 0. The van der Waals surface area contributed by atoms with Crippen LogP contribution in [0.1, 0.15) is 68.7 Å². The van der Waals surface area contributed by atoms with Gasteiger partial charge in [0.1, 0.15) is 0 Å². The first-order valence-corrected chi connectivity index (χ1v) is 6.15. The predicted octanol–water partition coefficient (Wildman–Crippen LogP) is 5.27. The predicted molar refractivity (Wildman–Crippen MR) is 74.1 cm³/mol. The first-order valence-electron chi connectivity index (χ1n) is 6.15. The van der Waals surface area contributed by atoms with Crippen LogP contribution in [0.5, 0.6) is 0 Å². The van der Waals surface area contributed by atoms with Crippen molar-refractivity contribution in [3.8, 4) is 0 Å². The van der Waals surface area contributed by atoms with E-state index in [2.05, 4.69) is 60.3 Å². The van der Waals surface area contributed by atoms with E-state index in [1.807, 2.05) is 0 Å². The summed E-state index contributed by atoms with van der Waals surface area (Å²) in [6, 6.07) is 4.61. The number of aryl methyl sites for hydroxylation is 1. The second-order valence-corrected chi connectivity index (χ2v) is 5.41. The average molecular weight is 216 g/mol. The molecule has 0 aromatic heterocycles. The van der Waals surface area contributed by atoms with Gasteiger partial charge >= 0.3 is 0 Å². The van der Waals surface area contributed by atoms with Gasteiger partial charge in [-0.2, -0.15) is 0 Å². The maximum absolute atomic E-state index is 4.14. The third kappa shape index (κ3) is 2.55. The van der Waals surface area contributed by atoms with Gasteiger partial charge in [-0.25, -0.2) is 0 Å². The van der Waals surface area contributed by atoms with Crippen LogP contribution in [0, 0.1) is 6.92 Å². The summed E-state index contributed by atoms with van der Waals surface area (Å²) in [5.41, 5.74) is 6.81. The normalized spacial score (nSPS) is 11.2. The summed E-state index contributed by atoms with van der Waals surface area (Å²) in [5.74, 6) is 1.12. The van der Waals surface area contributed by atoms with Gasteiger partial charge in [-0.1, -0.05) is 57.5 Å². The molecule has 0 atom stereocenters. The van der Waals surface area contributed by atoms with Gasteiger partial charge < -0.3 is 0 Å². The lowest BCUT2D eigenvalue weighted by atomic mass is 9.84. The molecule has 0 amide bonds. The third-order valence-electron chi connectivity index (χ3n) is 3.01. The van der Waals surface area contributed by atoms with Gasteiger partial charge in [0.05, 0.1) is 0 Å². The summed E-state index contributed by atoms with van der Waals surface area (Å²) in [4.78, 5) is 0. The fourth-order valence-electron chi connectivity index (χ4n) is 2.25. The molecule has 0 unspecified atom stereocenters. The summed E-state index contributed by atoms with van der Waals surface area (Å²) in [7, 11) is 0. The summed E-state index contributed by atoms with van der Waals surface area (Å²) < 4.78 is 0. The van der Waals surface area contributed by atoms with Crippen LogP contribution < -0.4 is 0 Å². The van der Waals surface area contributed by atoms with Crippen molar-refractivity contribution in [1.82, 2.24) is 0 Å². The molecule has 88 valence electrons. The molecule has 0 aliphatic heterocycles. The Balaban J connectivity index is 3.54. The Morgan fingerprint density at radius 2 is 1.38 bits per heavy atom. The fraction of sp³-hybridized carbons (Fsp3) is 0.500. The minimum Gasteiger partial charge on any atom is -0.0955 e. The fourth-order valence-corrected chi connectivity index (χ4v) is 2.25. The number of hydrogen-bond donors (Lipinski definition) is 0. The first-order chi connectivity index (χ1) is 7.34. The lowest BCUT2D eigenvalue weighted by molar-refractivity contribution is 0.824. The highest BCUT2D eigenvalue weighted by Crippen LogP contribution is 2.33. The van der Waals surface area contributed by atoms with Crippen LogP contribution in [0.25, 0.3) is 5.57 Å². The molecule has 0 saturated heterocycles. The highest BCUT2D eigenvalue weighted by Gasteiger charge is 2.14. The molecule has 0 nitrogen and oxygen atoms in total. The molecule has 1 aromatic rings. The van der Waals surface area contributed by atoms with Crippen molar-refractivity contribution in [2.24, 2.45) is 0 Å². The van der Waals surface area contributed by atoms with Crippen LogP contribution in [0.3, 0.4) is 0 Å². The maximum atomic E-state index is 4.14. The summed E-state index contributed by atoms with van der Waals surface area (Å²) in [6.07, 6.45) is 0. The molecule has 1 aromatic carbocycles. The smallest absolute Gasteiger partial charge is 0.0164 e. The van der Waals surface area contributed by atoms with E-state index < -0.39 is 0 Å². The SMILES string of the molecule is C=C(C)c1c(C(C)C)cc(C)cc1C(C)C. The van der Waals surface area contributed by atoms with Crippen molar-refractivity contribution < 1.29 is 0 Å². The van der Waals surface area contributed by atoms with Gasteiger partial charge in [0.25, 0.3) is 0 Å². The quantitative estimate of drug-likeness (QED) is 0.645. The zero-order chi connectivity index (χ0) is 12.5. The molecule has 0 bridgehead atoms. The van der Waals surface area contributed by atoms with Crippen molar-refractivity contribution >= 4 is 5.57 Å². The molecule has 0 radical (unpaired) electrons. The van der Waals surface area contributed by atoms with Crippen LogP contribution >= 0.6 is 0 Å². The second kappa shape index (κ2) is 4.86. The molecular weight excluding hydrogens is 192 g/mol. The van der Waals surface area contributed by atoms with E-state index in [0.717, 1.165) is 0 Å². The van der Waals surface area contributed by atoms with Gasteiger partial charge in [0.15, 0.2) is 0 Å². The number of benzene rings is 1. The molecule has 16 heavy (non-hydrogen) atoms. The monoisotopic (exact) mass is 216 g/mol. The highest BCUT2D eigenvalue weighted by molar-refractivity contribution is 5.69. The van der Waals surface area contributed by atoms with Gasteiger partial charge in [-0.3, -0.25) is 0 Å². The topological polar surface area (TPSA) is 0 Å². The minimum atomic E-state index is 0.559. The largest absolute Gasteiger partial charge is 0.0955 e. The van der Waals surface area contributed by atoms with Crippen LogP contribution in [0.4, 0.5) is 0 Å². The van der Waals surface area contributed by atoms with Crippen LogP contribution in [-0.4, -0.2) is 0 Å². The van der Waals surface area contributed by atoms with Crippen LogP contribution in [0.15, 0.2) is 18.7 Å². The molecule has 0 N–H and O–H groups in total. The Labute approximate surface area is 100 Å². The molecule has 0 fully saturated rings. The molecule has 0 heterocycles. The van der Waals surface area contributed by atoms with Crippen molar-refractivity contribution in [2.75, 3.05) is 0 Å². The molecular formula is C16H24. The maximum Gasteiger partial charge on any atom is -0.0164 e. The number of hydrogen-bond acceptors (Lipinski definition) is 0. The van der Waals surface area contributed by atoms with E-state index in [-0.39, 0.29) is 0 Å². The van der Waals surface area contributed by atoms with Crippen LogP contribution in [-0.2, 0) is 0 Å². The van der Waals surface area contributed by atoms with Gasteiger partial charge in [-0.15, -0.1) is 0 Å². The Morgan fingerprint density at radius 3 is 1.62 bits per heavy atom. The lowest BCUT2D eigenvalue weighted by Gasteiger charge is -2.21. The molecule has 0 aliphatic carbocycles. The van der Waals surface area contributed by atoms with E-state index in [0.29, 0.717) is 11.8 Å². The number of rotatable bonds is 3. The van der Waals surface area contributed by atoms with Gasteiger partial charge in [-0.05, 0) is 42.4 Å². The van der Waals surface area contributed by atoms with E-state index in [1.165, 1.54) is 27.8 Å².